The van der Waals surface area contributed by atoms with Crippen molar-refractivity contribution in [3.8, 4) is 55.9 Å². The summed E-state index contributed by atoms with van der Waals surface area (Å²) in [6, 6.07) is 54.0. The van der Waals surface area contributed by atoms with Gasteiger partial charge in [0.1, 0.15) is 16.2 Å². The molecule has 0 saturated heterocycles. The van der Waals surface area contributed by atoms with Crippen LogP contribution in [0.1, 0.15) is 0 Å². The van der Waals surface area contributed by atoms with Crippen molar-refractivity contribution in [3.63, 3.8) is 0 Å². The standard InChI is InChI=1S/C44H26N4OS/c1-4-13-27(14-5-1)34-24-31(23-30-19-10-11-20-32(30)34)42-46-41(28-15-6-2-7-16-28)47-43(48-42)33-21-12-22-37-40(33)35-25-36-39(26-38(35)49-37)50-44(45-36)29-17-8-3-9-18-29/h1-26H. The van der Waals surface area contributed by atoms with Crippen LogP contribution in [0.2, 0.25) is 0 Å². The summed E-state index contributed by atoms with van der Waals surface area (Å²) in [6.45, 7) is 0. The van der Waals surface area contributed by atoms with Crippen LogP contribution in [0.15, 0.2) is 162 Å². The van der Waals surface area contributed by atoms with E-state index in [2.05, 4.69) is 91.0 Å². The van der Waals surface area contributed by atoms with Crippen molar-refractivity contribution in [1.29, 1.82) is 0 Å². The third kappa shape index (κ3) is 4.85. The lowest BCUT2D eigenvalue weighted by atomic mass is 9.95. The number of aromatic nitrogens is 4. The monoisotopic (exact) mass is 658 g/mol. The summed E-state index contributed by atoms with van der Waals surface area (Å²) in [5.41, 5.74) is 8.61. The molecule has 7 aromatic carbocycles. The average Bonchev–Trinajstić information content (AvgIpc) is 3.78. The Balaban J connectivity index is 1.20. The quantitative estimate of drug-likeness (QED) is 0.184. The molecule has 0 fully saturated rings. The van der Waals surface area contributed by atoms with Gasteiger partial charge >= 0.3 is 0 Å². The van der Waals surface area contributed by atoms with Gasteiger partial charge in [0, 0.05) is 39.1 Å². The summed E-state index contributed by atoms with van der Waals surface area (Å²) in [4.78, 5) is 20.4. The summed E-state index contributed by atoms with van der Waals surface area (Å²) in [7, 11) is 0. The smallest absolute Gasteiger partial charge is 0.164 e. The van der Waals surface area contributed by atoms with E-state index < -0.39 is 0 Å². The first-order valence-electron chi connectivity index (χ1n) is 16.5. The summed E-state index contributed by atoms with van der Waals surface area (Å²) >= 11 is 1.67. The number of fused-ring (bicyclic) bond motifs is 5. The van der Waals surface area contributed by atoms with Crippen LogP contribution in [0.3, 0.4) is 0 Å². The molecule has 0 spiro atoms. The Kier molecular flexibility index (Phi) is 6.60. The van der Waals surface area contributed by atoms with Crippen LogP contribution < -0.4 is 0 Å². The van der Waals surface area contributed by atoms with Gasteiger partial charge in [-0.05, 0) is 46.2 Å². The molecule has 234 valence electrons. The Morgan fingerprint density at radius 2 is 1.08 bits per heavy atom. The van der Waals surface area contributed by atoms with Gasteiger partial charge in [0.25, 0.3) is 0 Å². The van der Waals surface area contributed by atoms with Crippen LogP contribution in [-0.4, -0.2) is 19.9 Å². The van der Waals surface area contributed by atoms with E-state index in [1.807, 2.05) is 66.7 Å². The minimum Gasteiger partial charge on any atom is -0.456 e. The van der Waals surface area contributed by atoms with Crippen LogP contribution in [-0.2, 0) is 0 Å². The topological polar surface area (TPSA) is 64.7 Å². The van der Waals surface area contributed by atoms with E-state index in [-0.39, 0.29) is 0 Å². The molecular weight excluding hydrogens is 633 g/mol. The second-order valence-electron chi connectivity index (χ2n) is 12.3. The van der Waals surface area contributed by atoms with E-state index in [0.717, 1.165) is 75.9 Å². The largest absolute Gasteiger partial charge is 0.456 e. The molecule has 0 aliphatic heterocycles. The number of furan rings is 1. The van der Waals surface area contributed by atoms with Gasteiger partial charge in [0.15, 0.2) is 17.5 Å². The SMILES string of the molecule is c1ccc(-c2nc(-c3cc(-c4ccccc4)c4ccccc4c3)nc(-c3cccc4oc5cc6sc(-c7ccccc7)nc6cc5c34)n2)cc1. The lowest BCUT2D eigenvalue weighted by Crippen LogP contribution is -2.00. The Labute approximate surface area is 291 Å². The van der Waals surface area contributed by atoms with Gasteiger partial charge in [-0.15, -0.1) is 11.3 Å². The molecular formula is C44H26N4OS. The molecule has 10 aromatic rings. The summed E-state index contributed by atoms with van der Waals surface area (Å²) in [5, 5.41) is 5.22. The first kappa shape index (κ1) is 28.5. The second kappa shape index (κ2) is 11.6. The predicted molar refractivity (Wildman–Crippen MR) is 205 cm³/mol. The number of rotatable bonds is 5. The highest BCUT2D eigenvalue weighted by molar-refractivity contribution is 7.21. The summed E-state index contributed by atoms with van der Waals surface area (Å²) in [5.74, 6) is 1.80. The van der Waals surface area contributed by atoms with Crippen LogP contribution in [0.4, 0.5) is 0 Å². The van der Waals surface area contributed by atoms with Gasteiger partial charge in [-0.2, -0.15) is 0 Å². The van der Waals surface area contributed by atoms with Gasteiger partial charge in [-0.25, -0.2) is 19.9 Å². The van der Waals surface area contributed by atoms with Crippen molar-refractivity contribution in [2.24, 2.45) is 0 Å². The van der Waals surface area contributed by atoms with Crippen molar-refractivity contribution < 1.29 is 4.42 Å². The lowest BCUT2D eigenvalue weighted by molar-refractivity contribution is 0.669. The first-order valence-corrected chi connectivity index (χ1v) is 17.3. The normalized spacial score (nSPS) is 11.6. The maximum absolute atomic E-state index is 6.49. The predicted octanol–water partition coefficient (Wildman–Crippen LogP) is 11.9. The molecule has 0 radical (unpaired) electrons. The highest BCUT2D eigenvalue weighted by Gasteiger charge is 2.20. The van der Waals surface area contributed by atoms with E-state index >= 15 is 0 Å². The molecule has 0 bridgehead atoms. The van der Waals surface area contributed by atoms with Gasteiger partial charge in [-0.3, -0.25) is 0 Å². The lowest BCUT2D eigenvalue weighted by Gasteiger charge is -2.12. The van der Waals surface area contributed by atoms with Crippen LogP contribution >= 0.6 is 11.3 Å². The molecule has 5 nitrogen and oxygen atoms in total. The summed E-state index contributed by atoms with van der Waals surface area (Å²) in [6.07, 6.45) is 0. The van der Waals surface area contributed by atoms with E-state index in [9.17, 15) is 0 Å². The molecule has 3 aromatic heterocycles. The maximum atomic E-state index is 6.49. The number of thiazole rings is 1. The van der Waals surface area contributed by atoms with E-state index in [0.29, 0.717) is 17.5 Å². The van der Waals surface area contributed by atoms with E-state index in [1.54, 1.807) is 11.3 Å². The minimum atomic E-state index is 0.583. The third-order valence-corrected chi connectivity index (χ3v) is 10.2. The van der Waals surface area contributed by atoms with Crippen molar-refractivity contribution in [1.82, 2.24) is 19.9 Å². The van der Waals surface area contributed by atoms with Crippen molar-refractivity contribution >= 4 is 54.3 Å². The molecule has 6 heteroatoms. The fourth-order valence-electron chi connectivity index (χ4n) is 6.78. The van der Waals surface area contributed by atoms with Crippen molar-refractivity contribution in [3.05, 3.63) is 158 Å². The third-order valence-electron chi connectivity index (χ3n) is 9.14. The Hall–Kier alpha value is -6.50. The molecule has 0 unspecified atom stereocenters. The molecule has 0 atom stereocenters. The average molecular weight is 659 g/mol. The molecule has 0 amide bonds. The molecule has 0 saturated carbocycles. The number of benzene rings is 7. The molecule has 0 aliphatic rings. The first-order chi connectivity index (χ1) is 24.7. The van der Waals surface area contributed by atoms with Gasteiger partial charge in [0.05, 0.1) is 10.2 Å². The molecule has 10 rings (SSSR count). The molecule has 50 heavy (non-hydrogen) atoms. The zero-order chi connectivity index (χ0) is 33.0. The highest BCUT2D eigenvalue weighted by Crippen LogP contribution is 2.41. The van der Waals surface area contributed by atoms with Crippen LogP contribution in [0.5, 0.6) is 0 Å². The Bertz CT molecular complexity index is 2860. The highest BCUT2D eigenvalue weighted by atomic mass is 32.1. The zero-order valence-electron chi connectivity index (χ0n) is 26.6. The van der Waals surface area contributed by atoms with Crippen LogP contribution in [0, 0.1) is 0 Å². The van der Waals surface area contributed by atoms with E-state index in [1.165, 1.54) is 5.39 Å². The fourth-order valence-corrected chi connectivity index (χ4v) is 7.76. The molecule has 3 heterocycles. The van der Waals surface area contributed by atoms with Gasteiger partial charge in [-0.1, -0.05) is 127 Å². The summed E-state index contributed by atoms with van der Waals surface area (Å²) < 4.78 is 7.57. The van der Waals surface area contributed by atoms with Crippen molar-refractivity contribution in [2.45, 2.75) is 0 Å². The van der Waals surface area contributed by atoms with Crippen molar-refractivity contribution in [2.75, 3.05) is 0 Å². The second-order valence-corrected chi connectivity index (χ2v) is 13.3. The zero-order valence-corrected chi connectivity index (χ0v) is 27.4. The number of hydrogen-bond donors (Lipinski definition) is 0. The number of nitrogens with zero attached hydrogens (tertiary/aromatic N) is 4. The van der Waals surface area contributed by atoms with Crippen LogP contribution in [0.25, 0.3) is 98.8 Å². The number of hydrogen-bond acceptors (Lipinski definition) is 6. The minimum absolute atomic E-state index is 0.583. The Morgan fingerprint density at radius 1 is 0.420 bits per heavy atom. The van der Waals surface area contributed by atoms with Gasteiger partial charge < -0.3 is 4.42 Å². The Morgan fingerprint density at radius 3 is 1.86 bits per heavy atom. The van der Waals surface area contributed by atoms with E-state index in [4.69, 9.17) is 24.4 Å². The maximum Gasteiger partial charge on any atom is 0.164 e. The fraction of sp³-hybridized carbons (Fsp3) is 0. The molecule has 0 N–H and O–H groups in total. The van der Waals surface area contributed by atoms with Gasteiger partial charge in [0.2, 0.25) is 0 Å². The molecule has 0 aliphatic carbocycles.